The largest absolute Gasteiger partial charge is 0.399 e. The third-order valence-electron chi connectivity index (χ3n) is 3.15. The summed E-state index contributed by atoms with van der Waals surface area (Å²) in [7, 11) is 0. The van der Waals surface area contributed by atoms with Crippen LogP contribution in [0.5, 0.6) is 0 Å². The fourth-order valence-electron chi connectivity index (χ4n) is 1.98. The third-order valence-corrected chi connectivity index (χ3v) is 3.15. The van der Waals surface area contributed by atoms with E-state index >= 15 is 0 Å². The lowest BCUT2D eigenvalue weighted by molar-refractivity contribution is -0.116. The smallest absolute Gasteiger partial charge is 0.225 e. The number of hydrogen-bond acceptors (Lipinski definition) is 2. The zero-order valence-corrected chi connectivity index (χ0v) is 11.3. The Morgan fingerprint density at radius 2 is 1.85 bits per heavy atom. The van der Waals surface area contributed by atoms with E-state index in [2.05, 4.69) is 5.32 Å². The average molecular weight is 272 g/mol. The highest BCUT2D eigenvalue weighted by Crippen LogP contribution is 2.21. The molecule has 0 saturated carbocycles. The summed E-state index contributed by atoms with van der Waals surface area (Å²) in [5.41, 5.74) is 7.56. The number of para-hydroxylation sites is 1. The first kappa shape index (κ1) is 14.1. The second-order valence-corrected chi connectivity index (χ2v) is 4.80. The first-order valence-electron chi connectivity index (χ1n) is 6.46. The fraction of sp³-hybridized carbons (Fsp3) is 0.188. The Morgan fingerprint density at radius 1 is 1.20 bits per heavy atom. The molecule has 2 rings (SSSR count). The van der Waals surface area contributed by atoms with Crippen LogP contribution in [-0.4, -0.2) is 5.91 Å². The molecule has 3 nitrogen and oxygen atoms in total. The lowest BCUT2D eigenvalue weighted by atomic mass is 9.97. The first-order valence-corrected chi connectivity index (χ1v) is 6.46. The van der Waals surface area contributed by atoms with Gasteiger partial charge < -0.3 is 11.1 Å². The summed E-state index contributed by atoms with van der Waals surface area (Å²) in [6.07, 6.45) is 0.290. The van der Waals surface area contributed by atoms with E-state index in [0.29, 0.717) is 5.69 Å². The van der Waals surface area contributed by atoms with Crippen LogP contribution >= 0.6 is 0 Å². The van der Waals surface area contributed by atoms with Crippen molar-refractivity contribution in [2.24, 2.45) is 0 Å². The van der Waals surface area contributed by atoms with Crippen LogP contribution in [0.1, 0.15) is 24.8 Å². The molecular weight excluding hydrogens is 255 g/mol. The number of rotatable bonds is 4. The molecule has 0 aliphatic heterocycles. The zero-order chi connectivity index (χ0) is 14.5. The van der Waals surface area contributed by atoms with E-state index in [1.807, 2.05) is 19.1 Å². The second kappa shape index (κ2) is 6.19. The average Bonchev–Trinajstić information content (AvgIpc) is 2.42. The van der Waals surface area contributed by atoms with Crippen molar-refractivity contribution in [3.05, 3.63) is 59.9 Å². The van der Waals surface area contributed by atoms with Crippen LogP contribution in [0.25, 0.3) is 0 Å². The Morgan fingerprint density at radius 3 is 2.50 bits per heavy atom. The Bertz CT molecular complexity index is 596. The highest BCUT2D eigenvalue weighted by Gasteiger charge is 2.12. The Hall–Kier alpha value is -2.36. The predicted octanol–water partition coefficient (Wildman–Crippen LogP) is 3.54. The quantitative estimate of drug-likeness (QED) is 0.836. The maximum atomic E-state index is 13.4. The van der Waals surface area contributed by atoms with Gasteiger partial charge in [-0.25, -0.2) is 4.39 Å². The lowest BCUT2D eigenvalue weighted by Gasteiger charge is -2.12. The highest BCUT2D eigenvalue weighted by molar-refractivity contribution is 5.91. The van der Waals surface area contributed by atoms with Crippen molar-refractivity contribution in [1.29, 1.82) is 0 Å². The van der Waals surface area contributed by atoms with Crippen molar-refractivity contribution in [2.45, 2.75) is 19.3 Å². The number of amides is 1. The lowest BCUT2D eigenvalue weighted by Crippen LogP contribution is -2.15. The van der Waals surface area contributed by atoms with E-state index in [0.717, 1.165) is 5.56 Å². The van der Waals surface area contributed by atoms with Crippen molar-refractivity contribution >= 4 is 17.3 Å². The van der Waals surface area contributed by atoms with E-state index in [1.54, 1.807) is 30.3 Å². The zero-order valence-electron chi connectivity index (χ0n) is 11.3. The number of carbonyl (C=O) groups is 1. The maximum absolute atomic E-state index is 13.4. The molecule has 1 unspecified atom stereocenters. The van der Waals surface area contributed by atoms with Gasteiger partial charge in [-0.3, -0.25) is 4.79 Å². The van der Waals surface area contributed by atoms with E-state index in [9.17, 15) is 9.18 Å². The molecular formula is C16H17FN2O. The van der Waals surface area contributed by atoms with Crippen LogP contribution in [0.15, 0.2) is 48.5 Å². The number of nitrogens with two attached hydrogens (primary N) is 1. The van der Waals surface area contributed by atoms with Gasteiger partial charge in [-0.2, -0.15) is 0 Å². The molecule has 20 heavy (non-hydrogen) atoms. The molecule has 0 aliphatic carbocycles. The number of halogens is 1. The number of benzene rings is 2. The van der Waals surface area contributed by atoms with Gasteiger partial charge in [0.2, 0.25) is 5.91 Å². The van der Waals surface area contributed by atoms with Crippen molar-refractivity contribution in [3.8, 4) is 0 Å². The molecule has 1 amide bonds. The van der Waals surface area contributed by atoms with Gasteiger partial charge in [0, 0.05) is 12.1 Å². The molecule has 0 bridgehead atoms. The van der Waals surface area contributed by atoms with E-state index in [4.69, 9.17) is 5.73 Å². The van der Waals surface area contributed by atoms with E-state index in [-0.39, 0.29) is 23.9 Å². The Balaban J connectivity index is 1.98. The summed E-state index contributed by atoms with van der Waals surface area (Å²) in [6, 6.07) is 13.5. The molecule has 2 aromatic rings. The third kappa shape index (κ3) is 3.57. The van der Waals surface area contributed by atoms with Crippen LogP contribution in [-0.2, 0) is 4.79 Å². The highest BCUT2D eigenvalue weighted by atomic mass is 19.1. The predicted molar refractivity (Wildman–Crippen MR) is 78.9 cm³/mol. The second-order valence-electron chi connectivity index (χ2n) is 4.80. The molecule has 0 spiro atoms. The van der Waals surface area contributed by atoms with Gasteiger partial charge in [-0.15, -0.1) is 0 Å². The van der Waals surface area contributed by atoms with Gasteiger partial charge in [0.05, 0.1) is 5.69 Å². The number of hydrogen-bond donors (Lipinski definition) is 2. The van der Waals surface area contributed by atoms with Crippen LogP contribution in [0, 0.1) is 5.82 Å². The molecule has 104 valence electrons. The van der Waals surface area contributed by atoms with Crippen LogP contribution in [0.2, 0.25) is 0 Å². The SMILES string of the molecule is CC(CC(=O)Nc1ccccc1F)c1ccc(N)cc1. The Labute approximate surface area is 117 Å². The normalized spacial score (nSPS) is 11.9. The summed E-state index contributed by atoms with van der Waals surface area (Å²) in [4.78, 5) is 11.9. The molecule has 1 atom stereocenters. The van der Waals surface area contributed by atoms with E-state index < -0.39 is 5.82 Å². The molecule has 4 heteroatoms. The standard InChI is InChI=1S/C16H17FN2O/c1-11(12-6-8-13(18)9-7-12)10-16(20)19-15-5-3-2-4-14(15)17/h2-9,11H,10,18H2,1H3,(H,19,20). The van der Waals surface area contributed by atoms with Gasteiger partial charge in [-0.1, -0.05) is 31.2 Å². The van der Waals surface area contributed by atoms with Gasteiger partial charge in [0.1, 0.15) is 5.82 Å². The van der Waals surface area contributed by atoms with Crippen molar-refractivity contribution in [2.75, 3.05) is 11.1 Å². The number of nitrogen functional groups attached to an aromatic ring is 1. The van der Waals surface area contributed by atoms with Gasteiger partial charge in [-0.05, 0) is 35.7 Å². The minimum Gasteiger partial charge on any atom is -0.399 e. The van der Waals surface area contributed by atoms with Crippen molar-refractivity contribution < 1.29 is 9.18 Å². The molecule has 0 radical (unpaired) electrons. The summed E-state index contributed by atoms with van der Waals surface area (Å²) in [6.45, 7) is 1.95. The monoisotopic (exact) mass is 272 g/mol. The van der Waals surface area contributed by atoms with Crippen molar-refractivity contribution in [1.82, 2.24) is 0 Å². The molecule has 3 N–H and O–H groups in total. The molecule has 0 aliphatic rings. The Kier molecular flexibility index (Phi) is 4.35. The number of anilines is 2. The van der Waals surface area contributed by atoms with Gasteiger partial charge in [0.25, 0.3) is 0 Å². The van der Waals surface area contributed by atoms with Crippen LogP contribution in [0.3, 0.4) is 0 Å². The molecule has 0 saturated heterocycles. The van der Waals surface area contributed by atoms with Gasteiger partial charge >= 0.3 is 0 Å². The summed E-state index contributed by atoms with van der Waals surface area (Å²) in [5.74, 6) is -0.595. The van der Waals surface area contributed by atoms with Crippen LogP contribution in [0.4, 0.5) is 15.8 Å². The minimum atomic E-state index is -0.430. The topological polar surface area (TPSA) is 55.1 Å². The maximum Gasteiger partial charge on any atom is 0.225 e. The number of nitrogens with one attached hydrogen (secondary N) is 1. The minimum absolute atomic E-state index is 0.0439. The number of carbonyl (C=O) groups excluding carboxylic acids is 1. The van der Waals surface area contributed by atoms with Crippen molar-refractivity contribution in [3.63, 3.8) is 0 Å². The van der Waals surface area contributed by atoms with Gasteiger partial charge in [0.15, 0.2) is 0 Å². The summed E-state index contributed by atoms with van der Waals surface area (Å²) in [5, 5.41) is 2.58. The molecule has 0 aromatic heterocycles. The van der Waals surface area contributed by atoms with E-state index in [1.165, 1.54) is 6.07 Å². The molecule has 0 fully saturated rings. The summed E-state index contributed by atoms with van der Waals surface area (Å²) >= 11 is 0. The summed E-state index contributed by atoms with van der Waals surface area (Å²) < 4.78 is 13.4. The first-order chi connectivity index (χ1) is 9.56. The van der Waals surface area contributed by atoms with Crippen LogP contribution < -0.4 is 11.1 Å². The molecule has 2 aromatic carbocycles. The molecule has 0 heterocycles. The fourth-order valence-corrected chi connectivity index (χ4v) is 1.98.